The van der Waals surface area contributed by atoms with E-state index < -0.39 is 35.1 Å². The minimum Gasteiger partial charge on any atom is -0.345 e. The number of carbonyl (C=O) groups excluding carboxylic acids is 1. The molecule has 4 aromatic rings. The minimum absolute atomic E-state index is 0.0384. The van der Waals surface area contributed by atoms with Gasteiger partial charge in [0, 0.05) is 36.6 Å². The molecular formula is C23H18F4N6O2. The Kier molecular flexibility index (Phi) is 6.20. The van der Waals surface area contributed by atoms with Gasteiger partial charge in [0.2, 0.25) is 0 Å². The number of rotatable bonds is 5. The van der Waals surface area contributed by atoms with Gasteiger partial charge in [-0.3, -0.25) is 19.1 Å². The molecule has 8 nitrogen and oxygen atoms in total. The van der Waals surface area contributed by atoms with Crippen molar-refractivity contribution in [1.29, 1.82) is 0 Å². The van der Waals surface area contributed by atoms with Gasteiger partial charge in [0.1, 0.15) is 5.82 Å². The Morgan fingerprint density at radius 2 is 1.89 bits per heavy atom. The second-order valence-corrected chi connectivity index (χ2v) is 7.70. The maximum Gasteiger partial charge on any atom is 0.419 e. The van der Waals surface area contributed by atoms with E-state index >= 15 is 0 Å². The van der Waals surface area contributed by atoms with Crippen LogP contribution >= 0.6 is 0 Å². The van der Waals surface area contributed by atoms with Gasteiger partial charge in [-0.15, -0.1) is 5.10 Å². The average molecular weight is 486 g/mol. The molecule has 35 heavy (non-hydrogen) atoms. The molecule has 3 aromatic heterocycles. The number of hydrogen-bond donors (Lipinski definition) is 1. The summed E-state index contributed by atoms with van der Waals surface area (Å²) >= 11 is 0. The third-order valence-electron chi connectivity index (χ3n) is 5.33. The lowest BCUT2D eigenvalue weighted by molar-refractivity contribution is -0.140. The lowest BCUT2D eigenvalue weighted by Gasteiger charge is -2.18. The number of halogens is 4. The Morgan fingerprint density at radius 1 is 1.11 bits per heavy atom. The number of hydrogen-bond acceptors (Lipinski definition) is 5. The van der Waals surface area contributed by atoms with E-state index in [2.05, 4.69) is 20.6 Å². The van der Waals surface area contributed by atoms with Crippen molar-refractivity contribution in [3.63, 3.8) is 0 Å². The predicted octanol–water partition coefficient (Wildman–Crippen LogP) is 3.68. The third-order valence-corrected chi connectivity index (χ3v) is 5.33. The molecule has 0 spiro atoms. The first kappa shape index (κ1) is 23.8. The number of nitrogens with zero attached hydrogens (tertiary/aromatic N) is 5. The van der Waals surface area contributed by atoms with Crippen molar-refractivity contribution in [1.82, 2.24) is 29.9 Å². The molecule has 4 rings (SSSR count). The Bertz CT molecular complexity index is 1460. The zero-order valence-corrected chi connectivity index (χ0v) is 18.4. The first-order chi connectivity index (χ1) is 16.6. The van der Waals surface area contributed by atoms with Crippen LogP contribution in [0.2, 0.25) is 0 Å². The van der Waals surface area contributed by atoms with Gasteiger partial charge >= 0.3 is 6.18 Å². The molecule has 0 bridgehead atoms. The van der Waals surface area contributed by atoms with Crippen LogP contribution in [-0.4, -0.2) is 30.5 Å². The number of nitrogens with one attached hydrogen (secondary N) is 1. The molecule has 0 aliphatic carbocycles. The van der Waals surface area contributed by atoms with Gasteiger partial charge < -0.3 is 5.32 Å². The smallest absolute Gasteiger partial charge is 0.345 e. The fraction of sp³-hybridized carbons (Fsp3) is 0.174. The molecule has 0 saturated carbocycles. The standard InChI is InChI=1S/C23H18F4N6O2/c1-13(17-4-3-5-18(21(17)24)23(25,26)27)30-22(35)14-6-7-20(34)33(12-14)16-8-15(9-28-10-16)19-11-29-31-32(19)2/h3-13H,1-2H3,(H,30,35)/t13-/m1/s1. The van der Waals surface area contributed by atoms with Crippen molar-refractivity contribution in [3.05, 3.63) is 94.0 Å². The monoisotopic (exact) mass is 486 g/mol. The van der Waals surface area contributed by atoms with E-state index in [9.17, 15) is 27.2 Å². The first-order valence-corrected chi connectivity index (χ1v) is 10.3. The average Bonchev–Trinajstić information content (AvgIpc) is 3.24. The Balaban J connectivity index is 1.62. The maximum absolute atomic E-state index is 14.5. The predicted molar refractivity (Wildman–Crippen MR) is 117 cm³/mol. The van der Waals surface area contributed by atoms with Crippen LogP contribution in [0.1, 0.15) is 34.5 Å². The zero-order chi connectivity index (χ0) is 25.3. The summed E-state index contributed by atoms with van der Waals surface area (Å²) in [7, 11) is 1.69. The van der Waals surface area contributed by atoms with Crippen LogP contribution in [-0.2, 0) is 13.2 Å². The highest BCUT2D eigenvalue weighted by atomic mass is 19.4. The van der Waals surface area contributed by atoms with Crippen molar-refractivity contribution in [3.8, 4) is 16.9 Å². The second-order valence-electron chi connectivity index (χ2n) is 7.70. The summed E-state index contributed by atoms with van der Waals surface area (Å²) in [6.45, 7) is 1.36. The highest BCUT2D eigenvalue weighted by molar-refractivity contribution is 5.94. The molecule has 0 fully saturated rings. The quantitative estimate of drug-likeness (QED) is 0.435. The normalized spacial score (nSPS) is 12.4. The van der Waals surface area contributed by atoms with Crippen molar-refractivity contribution < 1.29 is 22.4 Å². The second kappa shape index (κ2) is 9.12. The van der Waals surface area contributed by atoms with Crippen molar-refractivity contribution in [2.24, 2.45) is 7.05 Å². The number of aromatic nitrogens is 5. The van der Waals surface area contributed by atoms with Crippen LogP contribution in [0.4, 0.5) is 17.6 Å². The van der Waals surface area contributed by atoms with Gasteiger partial charge in [0.05, 0.1) is 40.9 Å². The highest BCUT2D eigenvalue weighted by Crippen LogP contribution is 2.33. The van der Waals surface area contributed by atoms with E-state index in [0.29, 0.717) is 23.0 Å². The van der Waals surface area contributed by atoms with Crippen molar-refractivity contribution in [2.45, 2.75) is 19.1 Å². The van der Waals surface area contributed by atoms with E-state index in [0.717, 1.165) is 6.07 Å². The first-order valence-electron chi connectivity index (χ1n) is 10.3. The fourth-order valence-electron chi connectivity index (χ4n) is 3.53. The van der Waals surface area contributed by atoms with E-state index in [1.807, 2.05) is 0 Å². The third kappa shape index (κ3) is 4.81. The Labute approximate surface area is 195 Å². The fourth-order valence-corrected chi connectivity index (χ4v) is 3.53. The van der Waals surface area contributed by atoms with Crippen LogP contribution in [0.25, 0.3) is 16.9 Å². The summed E-state index contributed by atoms with van der Waals surface area (Å²) in [6.07, 6.45) is 0.927. The number of pyridine rings is 2. The van der Waals surface area contributed by atoms with Gasteiger partial charge in [0.25, 0.3) is 11.5 Å². The van der Waals surface area contributed by atoms with Crippen molar-refractivity contribution in [2.75, 3.05) is 0 Å². The summed E-state index contributed by atoms with van der Waals surface area (Å²) in [6, 6.07) is 5.90. The summed E-state index contributed by atoms with van der Waals surface area (Å²) in [5.41, 5.74) is -0.496. The van der Waals surface area contributed by atoms with E-state index in [1.165, 1.54) is 53.0 Å². The van der Waals surface area contributed by atoms with E-state index in [-0.39, 0.29) is 11.1 Å². The molecule has 1 N–H and O–H groups in total. The minimum atomic E-state index is -4.87. The molecule has 1 aromatic carbocycles. The van der Waals surface area contributed by atoms with Crippen LogP contribution in [0.5, 0.6) is 0 Å². The Hall–Kier alpha value is -4.35. The van der Waals surface area contributed by atoms with Crippen LogP contribution in [0, 0.1) is 5.82 Å². The molecule has 180 valence electrons. The number of carbonyl (C=O) groups is 1. The summed E-state index contributed by atoms with van der Waals surface area (Å²) in [5.74, 6) is -2.16. The SMILES string of the molecule is C[C@@H](NC(=O)c1ccc(=O)n(-c2cncc(-c3cnnn3C)c2)c1)c1cccc(C(F)(F)F)c1F. The molecule has 0 radical (unpaired) electrons. The molecule has 0 saturated heterocycles. The molecule has 3 heterocycles. The maximum atomic E-state index is 14.5. The molecule has 0 aliphatic heterocycles. The summed E-state index contributed by atoms with van der Waals surface area (Å²) < 4.78 is 56.3. The molecule has 1 amide bonds. The molecule has 1 atom stereocenters. The van der Waals surface area contributed by atoms with Crippen LogP contribution in [0.3, 0.4) is 0 Å². The topological polar surface area (TPSA) is 94.7 Å². The lowest BCUT2D eigenvalue weighted by Crippen LogP contribution is -2.29. The Morgan fingerprint density at radius 3 is 2.57 bits per heavy atom. The van der Waals surface area contributed by atoms with Crippen LogP contribution in [0.15, 0.2) is 66.0 Å². The number of aryl methyl sites for hydroxylation is 1. The van der Waals surface area contributed by atoms with Crippen LogP contribution < -0.4 is 10.9 Å². The van der Waals surface area contributed by atoms with E-state index in [4.69, 9.17) is 0 Å². The lowest BCUT2D eigenvalue weighted by atomic mass is 10.0. The van der Waals surface area contributed by atoms with Gasteiger partial charge in [-0.25, -0.2) is 9.07 Å². The number of alkyl halides is 3. The zero-order valence-electron chi connectivity index (χ0n) is 18.4. The largest absolute Gasteiger partial charge is 0.419 e. The van der Waals surface area contributed by atoms with Gasteiger partial charge in [-0.1, -0.05) is 17.3 Å². The molecular weight excluding hydrogens is 468 g/mol. The van der Waals surface area contributed by atoms with Crippen molar-refractivity contribution >= 4 is 5.91 Å². The summed E-state index contributed by atoms with van der Waals surface area (Å²) in [5, 5.41) is 10.1. The number of amides is 1. The van der Waals surface area contributed by atoms with Gasteiger partial charge in [0.15, 0.2) is 0 Å². The van der Waals surface area contributed by atoms with Gasteiger partial charge in [-0.2, -0.15) is 13.2 Å². The summed E-state index contributed by atoms with van der Waals surface area (Å²) in [4.78, 5) is 29.4. The molecule has 0 aliphatic rings. The number of benzene rings is 1. The van der Waals surface area contributed by atoms with Gasteiger partial charge in [-0.05, 0) is 25.1 Å². The molecule has 12 heteroatoms. The molecule has 0 unspecified atom stereocenters. The highest BCUT2D eigenvalue weighted by Gasteiger charge is 2.35. The van der Waals surface area contributed by atoms with E-state index in [1.54, 1.807) is 19.3 Å².